The molecule has 2 aromatic rings. The maximum Gasteiger partial charge on any atom is 0.129 e. The van der Waals surface area contributed by atoms with Gasteiger partial charge < -0.3 is 10.1 Å². The van der Waals surface area contributed by atoms with Crippen LogP contribution in [0.2, 0.25) is 0 Å². The van der Waals surface area contributed by atoms with Crippen LogP contribution in [-0.4, -0.2) is 27.6 Å². The molecule has 1 aromatic carbocycles. The molecule has 1 N–H and O–H groups in total. The molecular formula is C14H16F2N4O. The van der Waals surface area contributed by atoms with E-state index in [2.05, 4.69) is 15.6 Å². The van der Waals surface area contributed by atoms with E-state index < -0.39 is 11.6 Å². The average molecular weight is 294 g/mol. The van der Waals surface area contributed by atoms with Crippen LogP contribution in [0.3, 0.4) is 0 Å². The maximum atomic E-state index is 13.0. The lowest BCUT2D eigenvalue weighted by Gasteiger charge is -2.06. The highest BCUT2D eigenvalue weighted by atomic mass is 19.1. The highest BCUT2D eigenvalue weighted by Gasteiger charge is 2.20. The van der Waals surface area contributed by atoms with Crippen LogP contribution < -0.4 is 10.1 Å². The first-order valence-electron chi connectivity index (χ1n) is 6.90. The molecule has 1 aromatic heterocycles. The van der Waals surface area contributed by atoms with Gasteiger partial charge in [0.05, 0.1) is 12.2 Å². The van der Waals surface area contributed by atoms with E-state index in [1.54, 1.807) is 4.68 Å². The van der Waals surface area contributed by atoms with Crippen molar-refractivity contribution in [3.05, 3.63) is 41.7 Å². The largest absolute Gasteiger partial charge is 0.491 e. The Morgan fingerprint density at radius 2 is 2.00 bits per heavy atom. The minimum Gasteiger partial charge on any atom is -0.491 e. The van der Waals surface area contributed by atoms with Gasteiger partial charge >= 0.3 is 0 Å². The summed E-state index contributed by atoms with van der Waals surface area (Å²) < 4.78 is 32.9. The van der Waals surface area contributed by atoms with Gasteiger partial charge in [0.1, 0.15) is 24.0 Å². The first-order chi connectivity index (χ1) is 10.2. The van der Waals surface area contributed by atoms with E-state index in [-0.39, 0.29) is 12.4 Å². The van der Waals surface area contributed by atoms with Crippen LogP contribution in [0.25, 0.3) is 0 Å². The van der Waals surface area contributed by atoms with E-state index in [0.29, 0.717) is 19.1 Å². The number of benzene rings is 1. The number of aromatic nitrogens is 3. The molecule has 7 heteroatoms. The first-order valence-corrected chi connectivity index (χ1v) is 6.90. The normalized spacial score (nSPS) is 14.4. The third kappa shape index (κ3) is 4.22. The number of hydrogen-bond donors (Lipinski definition) is 1. The van der Waals surface area contributed by atoms with Crippen molar-refractivity contribution in [2.75, 3.05) is 6.61 Å². The molecule has 21 heavy (non-hydrogen) atoms. The Labute approximate surface area is 120 Å². The molecule has 1 saturated carbocycles. The van der Waals surface area contributed by atoms with E-state index in [4.69, 9.17) is 4.74 Å². The molecule has 0 spiro atoms. The maximum absolute atomic E-state index is 13.0. The summed E-state index contributed by atoms with van der Waals surface area (Å²) in [6, 6.07) is 3.73. The standard InChI is InChI=1S/C14H16F2N4O/c15-10-5-11(16)7-14(6-10)21-4-3-20-9-13(18-19-20)8-17-12-1-2-12/h5-7,9,12,17H,1-4,8H2. The Morgan fingerprint density at radius 1 is 1.24 bits per heavy atom. The molecule has 112 valence electrons. The Balaban J connectivity index is 1.46. The fourth-order valence-electron chi connectivity index (χ4n) is 1.93. The molecule has 3 rings (SSSR count). The average Bonchev–Trinajstić information content (AvgIpc) is 3.15. The number of nitrogens with zero attached hydrogens (tertiary/aromatic N) is 3. The van der Waals surface area contributed by atoms with Gasteiger partial charge in [0, 0.05) is 37.0 Å². The van der Waals surface area contributed by atoms with Gasteiger partial charge in [-0.2, -0.15) is 0 Å². The van der Waals surface area contributed by atoms with E-state index in [1.807, 2.05) is 6.20 Å². The van der Waals surface area contributed by atoms with Crippen molar-refractivity contribution in [1.82, 2.24) is 20.3 Å². The second kappa shape index (κ2) is 6.17. The predicted molar refractivity (Wildman–Crippen MR) is 71.7 cm³/mol. The van der Waals surface area contributed by atoms with Crippen molar-refractivity contribution in [3.63, 3.8) is 0 Å². The van der Waals surface area contributed by atoms with Crippen molar-refractivity contribution in [2.24, 2.45) is 0 Å². The summed E-state index contributed by atoms with van der Waals surface area (Å²) in [6.07, 6.45) is 4.29. The van der Waals surface area contributed by atoms with Crippen LogP contribution in [0.15, 0.2) is 24.4 Å². The Hall–Kier alpha value is -2.02. The van der Waals surface area contributed by atoms with Crippen molar-refractivity contribution in [3.8, 4) is 5.75 Å². The number of nitrogens with one attached hydrogen (secondary N) is 1. The van der Waals surface area contributed by atoms with Gasteiger partial charge in [0.15, 0.2) is 0 Å². The van der Waals surface area contributed by atoms with Crippen molar-refractivity contribution >= 4 is 0 Å². The quantitative estimate of drug-likeness (QED) is 0.847. The number of rotatable bonds is 7. The third-order valence-corrected chi connectivity index (χ3v) is 3.16. The highest BCUT2D eigenvalue weighted by molar-refractivity contribution is 5.23. The fraction of sp³-hybridized carbons (Fsp3) is 0.429. The summed E-state index contributed by atoms with van der Waals surface area (Å²) in [6.45, 7) is 1.44. The number of ether oxygens (including phenoxy) is 1. The SMILES string of the molecule is Fc1cc(F)cc(OCCn2cc(CNC3CC3)nn2)c1. The first kappa shape index (κ1) is 13.9. The Bertz CT molecular complexity index is 593. The second-order valence-electron chi connectivity index (χ2n) is 5.08. The summed E-state index contributed by atoms with van der Waals surface area (Å²) in [7, 11) is 0. The van der Waals surface area contributed by atoms with Crippen molar-refractivity contribution in [1.29, 1.82) is 0 Å². The van der Waals surface area contributed by atoms with Gasteiger partial charge in [-0.1, -0.05) is 5.21 Å². The summed E-state index contributed by atoms with van der Waals surface area (Å²) >= 11 is 0. The van der Waals surface area contributed by atoms with E-state index in [9.17, 15) is 8.78 Å². The van der Waals surface area contributed by atoms with Gasteiger partial charge in [-0.05, 0) is 12.8 Å². The molecule has 5 nitrogen and oxygen atoms in total. The zero-order valence-electron chi connectivity index (χ0n) is 11.4. The van der Waals surface area contributed by atoms with Crippen LogP contribution in [0.5, 0.6) is 5.75 Å². The molecule has 1 fully saturated rings. The van der Waals surface area contributed by atoms with Gasteiger partial charge in [-0.25, -0.2) is 13.5 Å². The molecular weight excluding hydrogens is 278 g/mol. The Kier molecular flexibility index (Phi) is 4.10. The lowest BCUT2D eigenvalue weighted by atomic mass is 10.3. The summed E-state index contributed by atoms with van der Waals surface area (Å²) in [4.78, 5) is 0. The minimum absolute atomic E-state index is 0.170. The molecule has 1 aliphatic rings. The van der Waals surface area contributed by atoms with Crippen molar-refractivity contribution < 1.29 is 13.5 Å². The monoisotopic (exact) mass is 294 g/mol. The third-order valence-electron chi connectivity index (χ3n) is 3.16. The van der Waals surface area contributed by atoms with Crippen LogP contribution in [0, 0.1) is 11.6 Å². The van der Waals surface area contributed by atoms with E-state index in [1.165, 1.54) is 12.8 Å². The lowest BCUT2D eigenvalue weighted by Crippen LogP contribution is -2.15. The molecule has 0 radical (unpaired) electrons. The summed E-state index contributed by atoms with van der Waals surface area (Å²) in [5.41, 5.74) is 0.874. The van der Waals surface area contributed by atoms with Crippen LogP contribution in [-0.2, 0) is 13.1 Å². The zero-order valence-corrected chi connectivity index (χ0v) is 11.4. The minimum atomic E-state index is -0.654. The van der Waals surface area contributed by atoms with Crippen molar-refractivity contribution in [2.45, 2.75) is 32.0 Å². The number of hydrogen-bond acceptors (Lipinski definition) is 4. The number of halogens is 2. The Morgan fingerprint density at radius 3 is 2.71 bits per heavy atom. The molecule has 1 heterocycles. The predicted octanol–water partition coefficient (Wildman–Crippen LogP) is 1.89. The summed E-state index contributed by atoms with van der Waals surface area (Å²) in [5, 5.41) is 11.4. The molecule has 0 atom stereocenters. The topological polar surface area (TPSA) is 52.0 Å². The van der Waals surface area contributed by atoms with Gasteiger partial charge in [-0.15, -0.1) is 5.10 Å². The van der Waals surface area contributed by atoms with Crippen LogP contribution in [0.4, 0.5) is 8.78 Å². The van der Waals surface area contributed by atoms with E-state index >= 15 is 0 Å². The molecule has 1 aliphatic carbocycles. The van der Waals surface area contributed by atoms with Gasteiger partial charge in [0.2, 0.25) is 0 Å². The molecule has 0 bridgehead atoms. The van der Waals surface area contributed by atoms with Gasteiger partial charge in [0.25, 0.3) is 0 Å². The van der Waals surface area contributed by atoms with Crippen LogP contribution in [0.1, 0.15) is 18.5 Å². The smallest absolute Gasteiger partial charge is 0.129 e. The fourth-order valence-corrected chi connectivity index (χ4v) is 1.93. The van der Waals surface area contributed by atoms with Gasteiger partial charge in [-0.3, -0.25) is 0 Å². The lowest BCUT2D eigenvalue weighted by molar-refractivity contribution is 0.287. The zero-order chi connectivity index (χ0) is 14.7. The highest BCUT2D eigenvalue weighted by Crippen LogP contribution is 2.19. The van der Waals surface area contributed by atoms with E-state index in [0.717, 1.165) is 23.9 Å². The molecule has 0 unspecified atom stereocenters. The molecule has 0 aliphatic heterocycles. The molecule has 0 amide bonds. The van der Waals surface area contributed by atoms with Crippen LogP contribution >= 0.6 is 0 Å². The second-order valence-corrected chi connectivity index (χ2v) is 5.08. The summed E-state index contributed by atoms with van der Waals surface area (Å²) in [5.74, 6) is -1.14. The molecule has 0 saturated heterocycles.